The second-order valence-corrected chi connectivity index (χ2v) is 6.70. The highest BCUT2D eigenvalue weighted by molar-refractivity contribution is 6.31. The maximum Gasteiger partial charge on any atom is 0.257 e. The van der Waals surface area contributed by atoms with E-state index in [1.807, 2.05) is 17.0 Å². The number of carbonyl (C=O) groups is 1. The van der Waals surface area contributed by atoms with Crippen molar-refractivity contribution in [2.75, 3.05) is 40.4 Å². The molecular weight excluding hydrogens is 352 g/mol. The number of halogens is 1. The number of nitrogens with zero attached hydrogens (tertiary/aromatic N) is 2. The summed E-state index contributed by atoms with van der Waals surface area (Å²) in [5, 5.41) is 0.535. The van der Waals surface area contributed by atoms with Crippen LogP contribution >= 0.6 is 11.6 Å². The Hall–Kier alpha value is -2.24. The Morgan fingerprint density at radius 1 is 1.00 bits per heavy atom. The molecule has 1 aliphatic rings. The molecule has 2 aromatic carbocycles. The molecule has 138 valence electrons. The molecule has 0 aliphatic carbocycles. The molecule has 0 bridgehead atoms. The highest BCUT2D eigenvalue weighted by Crippen LogP contribution is 2.24. The van der Waals surface area contributed by atoms with Crippen molar-refractivity contribution in [2.24, 2.45) is 0 Å². The predicted octanol–water partition coefficient (Wildman–Crippen LogP) is 3.32. The molecule has 0 saturated carbocycles. The number of hydrogen-bond donors (Lipinski definition) is 0. The molecule has 6 heteroatoms. The summed E-state index contributed by atoms with van der Waals surface area (Å²) in [6, 6.07) is 13.2. The number of piperazine rings is 1. The van der Waals surface area contributed by atoms with Gasteiger partial charge in [-0.2, -0.15) is 0 Å². The number of ether oxygens (including phenoxy) is 2. The molecule has 0 radical (unpaired) electrons. The first kappa shape index (κ1) is 18.5. The summed E-state index contributed by atoms with van der Waals surface area (Å²) in [6.45, 7) is 3.91. The van der Waals surface area contributed by atoms with Crippen molar-refractivity contribution in [1.82, 2.24) is 9.80 Å². The molecule has 1 heterocycles. The van der Waals surface area contributed by atoms with Gasteiger partial charge in [0.15, 0.2) is 0 Å². The Morgan fingerprint density at radius 3 is 2.31 bits per heavy atom. The smallest absolute Gasteiger partial charge is 0.257 e. The van der Waals surface area contributed by atoms with Crippen molar-refractivity contribution in [2.45, 2.75) is 6.54 Å². The van der Waals surface area contributed by atoms with Crippen LogP contribution in [0.15, 0.2) is 42.5 Å². The number of methoxy groups -OCH3 is 2. The molecule has 3 rings (SSSR count). The zero-order chi connectivity index (χ0) is 18.5. The Kier molecular flexibility index (Phi) is 6.01. The van der Waals surface area contributed by atoms with E-state index in [-0.39, 0.29) is 5.91 Å². The van der Waals surface area contributed by atoms with Gasteiger partial charge >= 0.3 is 0 Å². The van der Waals surface area contributed by atoms with Crippen LogP contribution in [0, 0.1) is 0 Å². The van der Waals surface area contributed by atoms with Crippen LogP contribution in [0.25, 0.3) is 0 Å². The van der Waals surface area contributed by atoms with Crippen LogP contribution in [0.2, 0.25) is 5.02 Å². The zero-order valence-electron chi connectivity index (χ0n) is 15.1. The summed E-state index contributed by atoms with van der Waals surface area (Å²) in [5.74, 6) is 1.38. The van der Waals surface area contributed by atoms with Gasteiger partial charge in [-0.3, -0.25) is 9.69 Å². The molecule has 0 atom stereocenters. The fraction of sp³-hybridized carbons (Fsp3) is 0.350. The van der Waals surface area contributed by atoms with Crippen LogP contribution in [0.4, 0.5) is 0 Å². The SMILES string of the molecule is COc1ccc(CN2CCN(C(=O)c3cc(Cl)ccc3OC)CC2)cc1. The molecule has 1 aliphatic heterocycles. The van der Waals surface area contributed by atoms with Crippen molar-refractivity contribution in [3.05, 3.63) is 58.6 Å². The number of hydrogen-bond acceptors (Lipinski definition) is 4. The van der Waals surface area contributed by atoms with Gasteiger partial charge in [-0.05, 0) is 35.9 Å². The van der Waals surface area contributed by atoms with Crippen molar-refractivity contribution in [3.63, 3.8) is 0 Å². The molecular formula is C20H23ClN2O3. The summed E-state index contributed by atoms with van der Waals surface area (Å²) in [6.07, 6.45) is 0. The van der Waals surface area contributed by atoms with Crippen LogP contribution < -0.4 is 9.47 Å². The number of benzene rings is 2. The van der Waals surface area contributed by atoms with Crippen molar-refractivity contribution < 1.29 is 14.3 Å². The van der Waals surface area contributed by atoms with Gasteiger partial charge in [-0.1, -0.05) is 23.7 Å². The van der Waals surface area contributed by atoms with E-state index in [4.69, 9.17) is 21.1 Å². The van der Waals surface area contributed by atoms with E-state index in [9.17, 15) is 4.79 Å². The summed E-state index contributed by atoms with van der Waals surface area (Å²) < 4.78 is 10.5. The second-order valence-electron chi connectivity index (χ2n) is 6.26. The van der Waals surface area contributed by atoms with Crippen LogP contribution in [-0.4, -0.2) is 56.1 Å². The molecule has 5 nitrogen and oxygen atoms in total. The van der Waals surface area contributed by atoms with Crippen LogP contribution in [0.3, 0.4) is 0 Å². The summed E-state index contributed by atoms with van der Waals surface area (Å²) >= 11 is 6.05. The van der Waals surface area contributed by atoms with Gasteiger partial charge in [0.2, 0.25) is 0 Å². The second kappa shape index (κ2) is 8.43. The molecule has 0 unspecified atom stereocenters. The lowest BCUT2D eigenvalue weighted by Crippen LogP contribution is -2.48. The van der Waals surface area contributed by atoms with Gasteiger partial charge in [0.05, 0.1) is 19.8 Å². The third kappa shape index (κ3) is 4.29. The highest BCUT2D eigenvalue weighted by Gasteiger charge is 2.24. The third-order valence-corrected chi connectivity index (χ3v) is 4.85. The predicted molar refractivity (Wildman–Crippen MR) is 102 cm³/mol. The molecule has 0 N–H and O–H groups in total. The lowest BCUT2D eigenvalue weighted by atomic mass is 10.1. The number of rotatable bonds is 5. The van der Waals surface area contributed by atoms with Gasteiger partial charge < -0.3 is 14.4 Å². The van der Waals surface area contributed by atoms with E-state index in [0.717, 1.165) is 25.4 Å². The molecule has 1 saturated heterocycles. The van der Waals surface area contributed by atoms with Crippen LogP contribution in [-0.2, 0) is 6.54 Å². The lowest BCUT2D eigenvalue weighted by Gasteiger charge is -2.35. The molecule has 1 fully saturated rings. The van der Waals surface area contributed by atoms with E-state index < -0.39 is 0 Å². The maximum atomic E-state index is 12.8. The van der Waals surface area contributed by atoms with Gasteiger partial charge in [0.1, 0.15) is 11.5 Å². The maximum absolute atomic E-state index is 12.8. The summed E-state index contributed by atoms with van der Waals surface area (Å²) in [4.78, 5) is 17.0. The topological polar surface area (TPSA) is 42.0 Å². The minimum Gasteiger partial charge on any atom is -0.497 e. The van der Waals surface area contributed by atoms with Gasteiger partial charge in [0.25, 0.3) is 5.91 Å². The largest absolute Gasteiger partial charge is 0.497 e. The number of amides is 1. The van der Waals surface area contributed by atoms with E-state index >= 15 is 0 Å². The average Bonchev–Trinajstić information content (AvgIpc) is 2.68. The molecule has 2 aromatic rings. The molecule has 1 amide bonds. The monoisotopic (exact) mass is 374 g/mol. The van der Waals surface area contributed by atoms with Gasteiger partial charge in [-0.25, -0.2) is 0 Å². The summed E-state index contributed by atoms with van der Waals surface area (Å²) in [7, 11) is 3.23. The lowest BCUT2D eigenvalue weighted by molar-refractivity contribution is 0.0625. The molecule has 0 spiro atoms. The van der Waals surface area contributed by atoms with Crippen molar-refractivity contribution in [3.8, 4) is 11.5 Å². The minimum atomic E-state index is -0.0338. The van der Waals surface area contributed by atoms with Crippen LogP contribution in [0.1, 0.15) is 15.9 Å². The Labute approximate surface area is 159 Å². The zero-order valence-corrected chi connectivity index (χ0v) is 15.8. The highest BCUT2D eigenvalue weighted by atomic mass is 35.5. The van der Waals surface area contributed by atoms with Gasteiger partial charge in [-0.15, -0.1) is 0 Å². The quantitative estimate of drug-likeness (QED) is 0.805. The van der Waals surface area contributed by atoms with E-state index in [2.05, 4.69) is 17.0 Å². The third-order valence-electron chi connectivity index (χ3n) is 4.62. The van der Waals surface area contributed by atoms with E-state index in [1.165, 1.54) is 5.56 Å². The Bertz CT molecular complexity index is 756. The normalized spacial score (nSPS) is 15.0. The first-order valence-electron chi connectivity index (χ1n) is 8.59. The molecule has 26 heavy (non-hydrogen) atoms. The number of carbonyl (C=O) groups excluding carboxylic acids is 1. The Morgan fingerprint density at radius 2 is 1.69 bits per heavy atom. The van der Waals surface area contributed by atoms with Crippen molar-refractivity contribution in [1.29, 1.82) is 0 Å². The molecule has 0 aromatic heterocycles. The first-order chi connectivity index (χ1) is 12.6. The summed E-state index contributed by atoms with van der Waals surface area (Å²) in [5.41, 5.74) is 1.76. The standard InChI is InChI=1S/C20H23ClN2O3/c1-25-17-6-3-15(4-7-17)14-22-9-11-23(12-10-22)20(24)18-13-16(21)5-8-19(18)26-2/h3-8,13H,9-12,14H2,1-2H3. The minimum absolute atomic E-state index is 0.0338. The average molecular weight is 375 g/mol. The van der Waals surface area contributed by atoms with Gasteiger partial charge in [0, 0.05) is 37.7 Å². The Balaban J connectivity index is 1.59. The fourth-order valence-electron chi connectivity index (χ4n) is 3.12. The van der Waals surface area contributed by atoms with E-state index in [1.54, 1.807) is 32.4 Å². The first-order valence-corrected chi connectivity index (χ1v) is 8.96. The van der Waals surface area contributed by atoms with Crippen LogP contribution in [0.5, 0.6) is 11.5 Å². The van der Waals surface area contributed by atoms with E-state index in [0.29, 0.717) is 29.4 Å². The van der Waals surface area contributed by atoms with Crippen molar-refractivity contribution >= 4 is 17.5 Å². The fourth-order valence-corrected chi connectivity index (χ4v) is 3.29.